The Hall–Kier alpha value is -1.37. The number of hydrogen-bond acceptors (Lipinski definition) is 1. The molecule has 0 N–H and O–H groups in total. The maximum atomic E-state index is 13.0. The maximum absolute atomic E-state index is 13.0. The van der Waals surface area contributed by atoms with E-state index in [2.05, 4.69) is 43.8 Å². The first-order valence-corrected chi connectivity index (χ1v) is 10.9. The fourth-order valence-electron chi connectivity index (χ4n) is 5.14. The molecule has 0 bridgehead atoms. The first kappa shape index (κ1) is 20.9. The topological polar surface area (TPSA) is 17.1 Å². The van der Waals surface area contributed by atoms with Crippen LogP contribution in [0.25, 0.3) is 0 Å². The van der Waals surface area contributed by atoms with Gasteiger partial charge in [0.2, 0.25) is 0 Å². The van der Waals surface area contributed by atoms with Crippen molar-refractivity contribution in [1.82, 2.24) is 0 Å². The average Bonchev–Trinajstić information content (AvgIpc) is 2.70. The molecule has 1 aromatic carbocycles. The average molecular weight is 355 g/mol. The molecule has 2 aliphatic carbocycles. The van der Waals surface area contributed by atoms with Crippen molar-refractivity contribution < 1.29 is 4.79 Å². The zero-order chi connectivity index (χ0) is 19.0. The Balaban J connectivity index is 0.00000117. The van der Waals surface area contributed by atoms with Crippen LogP contribution in [0.1, 0.15) is 90.5 Å². The summed E-state index contributed by atoms with van der Waals surface area (Å²) >= 11 is 0. The summed E-state index contributed by atoms with van der Waals surface area (Å²) in [7, 11) is 0. The van der Waals surface area contributed by atoms with Gasteiger partial charge in [-0.2, -0.15) is 0 Å². The third-order valence-electron chi connectivity index (χ3n) is 6.48. The van der Waals surface area contributed by atoms with Crippen LogP contribution in [0.5, 0.6) is 0 Å². The predicted octanol–water partition coefficient (Wildman–Crippen LogP) is 7.26. The molecule has 144 valence electrons. The number of ketones is 1. The van der Waals surface area contributed by atoms with Gasteiger partial charge in [0.25, 0.3) is 0 Å². The Kier molecular flexibility index (Phi) is 8.13. The molecule has 0 amide bonds. The summed E-state index contributed by atoms with van der Waals surface area (Å²) in [6, 6.07) is 11.0. The van der Waals surface area contributed by atoms with Crippen LogP contribution in [0, 0.1) is 11.8 Å². The fourth-order valence-corrected chi connectivity index (χ4v) is 5.14. The minimum atomic E-state index is 0.270. The first-order chi connectivity index (χ1) is 12.6. The normalized spacial score (nSPS) is 28.8. The van der Waals surface area contributed by atoms with Gasteiger partial charge in [-0.25, -0.2) is 0 Å². The summed E-state index contributed by atoms with van der Waals surface area (Å²) in [6.07, 6.45) is 11.3. The predicted molar refractivity (Wildman–Crippen MR) is 112 cm³/mol. The van der Waals surface area contributed by atoms with E-state index < -0.39 is 0 Å². The van der Waals surface area contributed by atoms with Crippen molar-refractivity contribution in [2.45, 2.75) is 90.4 Å². The van der Waals surface area contributed by atoms with Gasteiger partial charge >= 0.3 is 0 Å². The lowest BCUT2D eigenvalue weighted by atomic mass is 9.63. The molecule has 1 heteroatoms. The van der Waals surface area contributed by atoms with Gasteiger partial charge in [0.05, 0.1) is 0 Å². The van der Waals surface area contributed by atoms with Crippen molar-refractivity contribution in [3.8, 4) is 0 Å². The van der Waals surface area contributed by atoms with Crippen molar-refractivity contribution in [1.29, 1.82) is 0 Å². The van der Waals surface area contributed by atoms with Crippen molar-refractivity contribution in [3.63, 3.8) is 0 Å². The number of carbonyl (C=O) groups is 1. The van der Waals surface area contributed by atoms with E-state index in [0.29, 0.717) is 17.1 Å². The summed E-state index contributed by atoms with van der Waals surface area (Å²) in [6.45, 7) is 10.4. The van der Waals surface area contributed by atoms with E-state index in [1.54, 1.807) is 0 Å². The minimum Gasteiger partial charge on any atom is -0.299 e. The highest BCUT2D eigenvalue weighted by Crippen LogP contribution is 2.46. The molecule has 26 heavy (non-hydrogen) atoms. The molecule has 0 saturated heterocycles. The molecule has 1 atom stereocenters. The van der Waals surface area contributed by atoms with E-state index in [9.17, 15) is 4.79 Å². The van der Waals surface area contributed by atoms with Crippen LogP contribution >= 0.6 is 0 Å². The van der Waals surface area contributed by atoms with E-state index in [1.807, 2.05) is 13.8 Å². The van der Waals surface area contributed by atoms with Crippen LogP contribution in [0.2, 0.25) is 0 Å². The number of allylic oxidation sites excluding steroid dienone is 1. The summed E-state index contributed by atoms with van der Waals surface area (Å²) in [5, 5.41) is 0. The van der Waals surface area contributed by atoms with Gasteiger partial charge < -0.3 is 0 Å². The monoisotopic (exact) mass is 354 g/mol. The molecule has 0 aliphatic heterocycles. The lowest BCUT2D eigenvalue weighted by molar-refractivity contribution is -0.128. The molecule has 1 nitrogen and oxygen atoms in total. The van der Waals surface area contributed by atoms with Gasteiger partial charge in [-0.3, -0.25) is 4.79 Å². The van der Waals surface area contributed by atoms with Gasteiger partial charge in [-0.1, -0.05) is 69.7 Å². The highest BCUT2D eigenvalue weighted by molar-refractivity contribution is 5.84. The fraction of sp³-hybridized carbons (Fsp3) is 0.640. The van der Waals surface area contributed by atoms with E-state index in [1.165, 1.54) is 36.8 Å². The molecule has 3 rings (SSSR count). The van der Waals surface area contributed by atoms with E-state index in [4.69, 9.17) is 0 Å². The maximum Gasteiger partial charge on any atom is 0.139 e. The van der Waals surface area contributed by atoms with Crippen molar-refractivity contribution in [3.05, 3.63) is 48.0 Å². The number of Topliss-reactive ketones (excluding diaryl/α,β-unsaturated/α-hetero) is 1. The standard InChI is InChI=1S/C23H32O.C2H6/c1-3-14-23(21-10-5-4-6-11-21)15-12-19(13-16-23)22(24)20-9-7-8-18(2)17-20;1-2/h4-6,10-11,19-20H,2-3,7-9,12-17H2,1H3;1-2H3. The van der Waals surface area contributed by atoms with Gasteiger partial charge in [-0.05, 0) is 68.8 Å². The lowest BCUT2D eigenvalue weighted by Gasteiger charge is -2.41. The number of carbonyl (C=O) groups excluding carboxylic acids is 1. The molecule has 0 aromatic heterocycles. The molecule has 0 radical (unpaired) electrons. The number of rotatable bonds is 5. The van der Waals surface area contributed by atoms with Gasteiger partial charge in [0, 0.05) is 11.8 Å². The molecule has 2 saturated carbocycles. The van der Waals surface area contributed by atoms with Crippen LogP contribution < -0.4 is 0 Å². The van der Waals surface area contributed by atoms with Crippen LogP contribution in [0.15, 0.2) is 42.5 Å². The number of benzene rings is 1. The van der Waals surface area contributed by atoms with E-state index in [-0.39, 0.29) is 5.92 Å². The van der Waals surface area contributed by atoms with Gasteiger partial charge in [-0.15, -0.1) is 0 Å². The highest BCUT2D eigenvalue weighted by Gasteiger charge is 2.39. The molecule has 2 fully saturated rings. The first-order valence-electron chi connectivity index (χ1n) is 10.9. The molecular formula is C25H38O. The Bertz CT molecular complexity index is 563. The molecule has 1 unspecified atom stereocenters. The van der Waals surface area contributed by atoms with Crippen molar-refractivity contribution in [2.24, 2.45) is 11.8 Å². The molecule has 0 heterocycles. The minimum absolute atomic E-state index is 0.270. The van der Waals surface area contributed by atoms with Gasteiger partial charge in [0.15, 0.2) is 0 Å². The molecule has 1 aromatic rings. The second kappa shape index (κ2) is 10.1. The Morgan fingerprint density at radius 1 is 1.08 bits per heavy atom. The summed E-state index contributed by atoms with van der Waals surface area (Å²) in [4.78, 5) is 13.0. The van der Waals surface area contributed by atoms with Crippen LogP contribution in [0.3, 0.4) is 0 Å². The van der Waals surface area contributed by atoms with E-state index >= 15 is 0 Å². The highest BCUT2D eigenvalue weighted by atomic mass is 16.1. The smallest absolute Gasteiger partial charge is 0.139 e. The quantitative estimate of drug-likeness (QED) is 0.509. The van der Waals surface area contributed by atoms with Crippen LogP contribution in [-0.2, 0) is 10.2 Å². The Morgan fingerprint density at radius 2 is 1.73 bits per heavy atom. The largest absolute Gasteiger partial charge is 0.299 e. The molecule has 2 aliphatic rings. The molecular weight excluding hydrogens is 316 g/mol. The van der Waals surface area contributed by atoms with Crippen molar-refractivity contribution >= 4 is 5.78 Å². The zero-order valence-electron chi connectivity index (χ0n) is 17.2. The second-order valence-electron chi connectivity index (χ2n) is 8.12. The van der Waals surface area contributed by atoms with Crippen LogP contribution in [0.4, 0.5) is 0 Å². The summed E-state index contributed by atoms with van der Waals surface area (Å²) < 4.78 is 0. The lowest BCUT2D eigenvalue weighted by Crippen LogP contribution is -2.36. The van der Waals surface area contributed by atoms with E-state index in [0.717, 1.165) is 38.5 Å². The summed E-state index contributed by atoms with van der Waals surface area (Å²) in [5.74, 6) is 1.12. The second-order valence-corrected chi connectivity index (χ2v) is 8.12. The number of hydrogen-bond donors (Lipinski definition) is 0. The summed E-state index contributed by atoms with van der Waals surface area (Å²) in [5.41, 5.74) is 3.09. The molecule has 0 spiro atoms. The SMILES string of the molecule is C=C1CCCC(C(=O)C2CCC(CCC)(c3ccccc3)CC2)C1.CC. The Labute approximate surface area is 161 Å². The van der Waals surface area contributed by atoms with Crippen molar-refractivity contribution in [2.75, 3.05) is 0 Å². The van der Waals surface area contributed by atoms with Crippen LogP contribution in [-0.4, -0.2) is 5.78 Å². The zero-order valence-corrected chi connectivity index (χ0v) is 17.2. The van der Waals surface area contributed by atoms with Gasteiger partial charge in [0.1, 0.15) is 5.78 Å². The third-order valence-corrected chi connectivity index (χ3v) is 6.48. The third kappa shape index (κ3) is 4.87. The Morgan fingerprint density at radius 3 is 2.31 bits per heavy atom.